The molecule has 1 aliphatic carbocycles. The molecule has 2 heterocycles. The number of amides is 5. The predicted octanol–water partition coefficient (Wildman–Crippen LogP) is 4.30. The van der Waals surface area contributed by atoms with Gasteiger partial charge in [-0.05, 0) is 94.4 Å². The number of aliphatic hydroxyl groups excluding tert-OH is 1. The zero-order valence-electron chi connectivity index (χ0n) is 43.1. The number of hydrogen-bond acceptors (Lipinski definition) is 17. The van der Waals surface area contributed by atoms with Gasteiger partial charge < -0.3 is 74.3 Å². The quantitative estimate of drug-likeness (QED) is 0.0928. The largest absolute Gasteiger partial charge is 0.471 e. The van der Waals surface area contributed by atoms with Crippen LogP contribution in [-0.2, 0) is 61.8 Å². The molecule has 2 saturated heterocycles. The summed E-state index contributed by atoms with van der Waals surface area (Å²) in [7, 11) is 0. The molecule has 0 bridgehead atoms. The Labute approximate surface area is 412 Å². The molecule has 5 unspecified atom stereocenters. The lowest BCUT2D eigenvalue weighted by atomic mass is 9.82. The van der Waals surface area contributed by atoms with Crippen LogP contribution >= 0.6 is 0 Å². The first-order valence-corrected chi connectivity index (χ1v) is 23.9. The number of carbonyl (C=O) groups is 7. The topological polar surface area (TPSA) is 283 Å². The summed E-state index contributed by atoms with van der Waals surface area (Å²) in [6, 6.07) is -5.57. The van der Waals surface area contributed by atoms with Gasteiger partial charge in [-0.1, -0.05) is 27.2 Å². The molecule has 408 valence electrons. The maximum atomic E-state index is 13.9. The molecule has 25 heteroatoms. The van der Waals surface area contributed by atoms with Crippen molar-refractivity contribution in [2.75, 3.05) is 6.54 Å². The third-order valence-electron chi connectivity index (χ3n) is 11.0. The second-order valence-corrected chi connectivity index (χ2v) is 20.9. The number of ether oxygens (including phenoxy) is 9. The summed E-state index contributed by atoms with van der Waals surface area (Å²) < 4.78 is 94.6. The van der Waals surface area contributed by atoms with E-state index in [1.54, 1.807) is 74.6 Å². The molecule has 6 N–H and O–H groups in total. The first-order valence-electron chi connectivity index (χ1n) is 23.9. The second-order valence-electron chi connectivity index (χ2n) is 20.9. The van der Waals surface area contributed by atoms with E-state index in [1.807, 2.05) is 6.92 Å². The zero-order chi connectivity index (χ0) is 54.0. The molecule has 2 aliphatic heterocycles. The first kappa shape index (κ1) is 60.6. The molecule has 5 amide bonds. The van der Waals surface area contributed by atoms with Crippen molar-refractivity contribution in [3.63, 3.8) is 0 Å². The van der Waals surface area contributed by atoms with E-state index in [0.717, 1.165) is 13.8 Å². The van der Waals surface area contributed by atoms with Crippen LogP contribution in [0.2, 0.25) is 0 Å². The van der Waals surface area contributed by atoms with Crippen molar-refractivity contribution < 1.29 is 94.5 Å². The van der Waals surface area contributed by atoms with Gasteiger partial charge in [0.15, 0.2) is 24.8 Å². The lowest BCUT2D eigenvalue weighted by Gasteiger charge is -2.50. The Hall–Kier alpha value is -4.72. The van der Waals surface area contributed by atoms with Crippen LogP contribution in [0, 0.1) is 5.92 Å². The Morgan fingerprint density at radius 2 is 1.14 bits per heavy atom. The molecular weight excluding hydrogens is 952 g/mol. The van der Waals surface area contributed by atoms with Crippen LogP contribution in [0.5, 0.6) is 0 Å². The minimum Gasteiger partial charge on any atom is -0.457 e. The van der Waals surface area contributed by atoms with Crippen molar-refractivity contribution in [2.45, 2.75) is 238 Å². The molecule has 14 atom stereocenters. The van der Waals surface area contributed by atoms with E-state index in [9.17, 15) is 51.8 Å². The van der Waals surface area contributed by atoms with Gasteiger partial charge in [-0.3, -0.25) is 19.2 Å². The average Bonchev–Trinajstić information content (AvgIpc) is 3.19. The number of carbonyl (C=O) groups excluding carboxylic acids is 7. The van der Waals surface area contributed by atoms with Crippen LogP contribution in [-0.4, -0.2) is 156 Å². The molecular formula is C46H76F3N5O17. The van der Waals surface area contributed by atoms with Gasteiger partial charge in [0.2, 0.25) is 5.91 Å². The molecule has 0 spiro atoms. The number of esters is 2. The Bertz CT molecular complexity index is 1840. The monoisotopic (exact) mass is 1030 g/mol. The van der Waals surface area contributed by atoms with Gasteiger partial charge in [0.25, 0.3) is 0 Å². The summed E-state index contributed by atoms with van der Waals surface area (Å²) in [5, 5.41) is 25.4. The highest BCUT2D eigenvalue weighted by Gasteiger charge is 2.56. The molecule has 0 radical (unpaired) electrons. The first-order chi connectivity index (χ1) is 32.6. The maximum absolute atomic E-state index is 13.9. The molecule has 71 heavy (non-hydrogen) atoms. The molecule has 3 rings (SSSR count). The summed E-state index contributed by atoms with van der Waals surface area (Å²) in [4.78, 5) is 90.9. The zero-order valence-corrected chi connectivity index (χ0v) is 43.1. The number of rotatable bonds is 16. The second kappa shape index (κ2) is 25.3. The Morgan fingerprint density at radius 3 is 1.63 bits per heavy atom. The number of nitrogens with one attached hydrogen (secondary N) is 5. The highest BCUT2D eigenvalue weighted by molar-refractivity contribution is 5.82. The van der Waals surface area contributed by atoms with Crippen LogP contribution in [0.4, 0.5) is 27.6 Å². The molecule has 3 fully saturated rings. The van der Waals surface area contributed by atoms with Gasteiger partial charge in [0, 0.05) is 26.3 Å². The van der Waals surface area contributed by atoms with Crippen LogP contribution in [0.25, 0.3) is 0 Å². The lowest BCUT2D eigenvalue weighted by Crippen LogP contribution is -2.71. The number of aliphatic hydroxyl groups is 1. The minimum absolute atomic E-state index is 0.0759. The number of halogens is 3. The van der Waals surface area contributed by atoms with E-state index in [-0.39, 0.29) is 32.2 Å². The van der Waals surface area contributed by atoms with Crippen molar-refractivity contribution in [3.05, 3.63) is 0 Å². The predicted molar refractivity (Wildman–Crippen MR) is 243 cm³/mol. The highest BCUT2D eigenvalue weighted by Crippen LogP contribution is 2.36. The molecule has 0 aromatic rings. The number of hydrogen-bond donors (Lipinski definition) is 6. The molecule has 1 saturated carbocycles. The fourth-order valence-corrected chi connectivity index (χ4v) is 8.15. The molecule has 0 aromatic carbocycles. The normalized spacial score (nSPS) is 29.8. The Morgan fingerprint density at radius 1 is 0.648 bits per heavy atom. The van der Waals surface area contributed by atoms with Gasteiger partial charge in [0.1, 0.15) is 41.2 Å². The summed E-state index contributed by atoms with van der Waals surface area (Å²) in [5.74, 6) is -5.68. The summed E-state index contributed by atoms with van der Waals surface area (Å²) in [6.07, 6.45) is -21.6. The van der Waals surface area contributed by atoms with E-state index in [0.29, 0.717) is 12.8 Å². The van der Waals surface area contributed by atoms with E-state index >= 15 is 0 Å². The van der Waals surface area contributed by atoms with Crippen molar-refractivity contribution in [2.24, 2.45) is 5.92 Å². The standard InChI is InChI=1S/C46H76F3N5O17/c1-15-17-22(3)36(58)51-27-20-28(53-42(62)71-45(12,13)14)33(67-37-26(52-41(61)70-44(9,10)11)19-18-25(65-37)21-50-40(60)69-43(6,7)8)31(57)32(27)68-38-35(64-24(5)56)30(54-39(59)46(47,48)49)34(63-23(4)55)29(16-2)66-38/h22,25-35,37-38,57H,15-21H2,1-14H3,(H,50,60)(H,51,58)(H,52,61)(H,53,62)(H,54,59)/t22-,25-,26?,27+,28-,29?,30-,31?,32+,33?,34-,35?,37-,38-/m0/s1. The smallest absolute Gasteiger partial charge is 0.457 e. The molecule has 3 aliphatic rings. The van der Waals surface area contributed by atoms with Gasteiger partial charge >= 0.3 is 42.3 Å². The van der Waals surface area contributed by atoms with Crippen LogP contribution in [0.1, 0.15) is 135 Å². The van der Waals surface area contributed by atoms with Crippen LogP contribution < -0.4 is 26.6 Å². The van der Waals surface area contributed by atoms with E-state index < -0.39 is 150 Å². The Kier molecular flexibility index (Phi) is 21.6. The van der Waals surface area contributed by atoms with Gasteiger partial charge in [-0.15, -0.1) is 0 Å². The Balaban J connectivity index is 2.24. The highest BCUT2D eigenvalue weighted by atomic mass is 19.4. The SMILES string of the molecule is CCC[C@H](C)C(=O)N[C@@H]1C[C@H](NC(=O)OC(C)(C)C)C(O[C@@H]2O[C@H](CNC(=O)OC(C)(C)C)CCC2NC(=O)OC(C)(C)C)C(O)[C@@H]1O[C@@H]1OC(CC)[C@H](OC(C)=O)[C@H](NC(=O)C(F)(F)F)C1OC(C)=O. The fraction of sp³-hybridized carbons (Fsp3) is 0.848. The van der Waals surface area contributed by atoms with Gasteiger partial charge in [-0.25, -0.2) is 14.4 Å². The van der Waals surface area contributed by atoms with Crippen molar-refractivity contribution in [1.29, 1.82) is 0 Å². The summed E-state index contributed by atoms with van der Waals surface area (Å²) >= 11 is 0. The molecule has 22 nitrogen and oxygen atoms in total. The third-order valence-corrected chi connectivity index (χ3v) is 11.0. The fourth-order valence-electron chi connectivity index (χ4n) is 8.15. The molecule has 0 aromatic heterocycles. The van der Waals surface area contributed by atoms with Crippen molar-refractivity contribution in [3.8, 4) is 0 Å². The number of alkyl halides is 3. The summed E-state index contributed by atoms with van der Waals surface area (Å²) in [6.45, 7) is 21.6. The maximum Gasteiger partial charge on any atom is 0.471 e. The third kappa shape index (κ3) is 19.7. The van der Waals surface area contributed by atoms with Gasteiger partial charge in [-0.2, -0.15) is 13.2 Å². The summed E-state index contributed by atoms with van der Waals surface area (Å²) in [5.41, 5.74) is -2.80. The van der Waals surface area contributed by atoms with Crippen LogP contribution in [0.3, 0.4) is 0 Å². The van der Waals surface area contributed by atoms with Gasteiger partial charge in [0.05, 0.1) is 30.3 Å². The minimum atomic E-state index is -5.47. The number of alkyl carbamates (subject to hydrolysis) is 3. The lowest BCUT2D eigenvalue weighted by molar-refractivity contribution is -0.316. The van der Waals surface area contributed by atoms with E-state index in [4.69, 9.17) is 42.6 Å². The van der Waals surface area contributed by atoms with Crippen molar-refractivity contribution >= 4 is 42.0 Å². The van der Waals surface area contributed by atoms with E-state index in [1.165, 1.54) is 6.92 Å². The average molecular weight is 1030 g/mol. The van der Waals surface area contributed by atoms with Crippen molar-refractivity contribution in [1.82, 2.24) is 26.6 Å². The van der Waals surface area contributed by atoms with Crippen LogP contribution in [0.15, 0.2) is 0 Å². The van der Waals surface area contributed by atoms with E-state index in [2.05, 4.69) is 21.3 Å².